The van der Waals surface area contributed by atoms with Gasteiger partial charge in [-0.2, -0.15) is 0 Å². The number of aliphatic hydroxyl groups is 2. The van der Waals surface area contributed by atoms with E-state index in [1.807, 2.05) is 0 Å². The van der Waals surface area contributed by atoms with Crippen LogP contribution in [0, 0.1) is 5.92 Å². The number of carbonyl (C=O) groups is 9. The van der Waals surface area contributed by atoms with Crippen molar-refractivity contribution in [2.24, 2.45) is 17.4 Å². The Morgan fingerprint density at radius 3 is 1.86 bits per heavy atom. The Kier molecular flexibility index (Phi) is 22.6. The van der Waals surface area contributed by atoms with Crippen molar-refractivity contribution in [3.8, 4) is 0 Å². The highest BCUT2D eigenvalue weighted by Crippen LogP contribution is 2.25. The van der Waals surface area contributed by atoms with E-state index in [2.05, 4.69) is 38.8 Å². The van der Waals surface area contributed by atoms with Crippen molar-refractivity contribution < 1.29 is 58.1 Å². The molecule has 0 saturated carbocycles. The van der Waals surface area contributed by atoms with Crippen LogP contribution in [0.4, 0.5) is 0 Å². The number of nitrogens with one attached hydrogen (secondary N) is 6. The quantitative estimate of drug-likeness (QED) is 0.0410. The zero-order chi connectivity index (χ0) is 43.4. The number of aliphatic hydroxyl groups excluding tert-OH is 2. The third-order valence-electron chi connectivity index (χ3n) is 9.29. The van der Waals surface area contributed by atoms with Crippen LogP contribution in [-0.2, 0) is 47.9 Å². The average molecular weight is 861 g/mol. The lowest BCUT2D eigenvalue weighted by molar-refractivity contribution is -0.161. The fourth-order valence-corrected chi connectivity index (χ4v) is 8.23. The van der Waals surface area contributed by atoms with Crippen molar-refractivity contribution in [1.82, 2.24) is 31.9 Å². The monoisotopic (exact) mass is 860 g/mol. The Morgan fingerprint density at radius 2 is 1.24 bits per heavy atom. The van der Waals surface area contributed by atoms with E-state index >= 15 is 0 Å². The molecule has 0 spiro atoms. The molecule has 2 aliphatic heterocycles. The van der Waals surface area contributed by atoms with Crippen molar-refractivity contribution in [3.63, 3.8) is 0 Å². The van der Waals surface area contributed by atoms with Gasteiger partial charge in [0.1, 0.15) is 42.4 Å². The molecule has 2 saturated heterocycles. The number of ether oxygens (including phenoxy) is 1. The normalized spacial score (nSPS) is 27.3. The minimum Gasteiger partial charge on any atom is -0.394 e. The molecule has 328 valence electrons. The zero-order valence-electron chi connectivity index (χ0n) is 33.3. The fourth-order valence-electron chi connectivity index (χ4n) is 5.92. The third kappa shape index (κ3) is 17.9. The second-order valence-corrected chi connectivity index (χ2v) is 17.3. The zero-order valence-corrected chi connectivity index (χ0v) is 34.9. The number of esters is 2. The van der Waals surface area contributed by atoms with Crippen LogP contribution in [0.3, 0.4) is 0 Å². The van der Waals surface area contributed by atoms with E-state index in [1.165, 1.54) is 21.6 Å². The second kappa shape index (κ2) is 26.2. The van der Waals surface area contributed by atoms with Gasteiger partial charge >= 0.3 is 11.9 Å². The predicted octanol–water partition coefficient (Wildman–Crippen LogP) is -2.10. The minimum absolute atomic E-state index is 0.0164. The SMILES string of the molecule is CCCCCCCCC1NC(=O)C(CC(O)C(N)=O)NC(=O)C(CO)NC(=O)C(CC(C)C)NC(=O)C(N)CCCC(=O)OC(=O)C2CSSCC(NC1=O)C(=O)N2. The van der Waals surface area contributed by atoms with Crippen LogP contribution >= 0.6 is 21.6 Å². The van der Waals surface area contributed by atoms with Gasteiger partial charge in [0.25, 0.3) is 0 Å². The van der Waals surface area contributed by atoms with Crippen LogP contribution in [0.15, 0.2) is 0 Å². The standard InChI is InChI=1S/C36H60N8O12S2/c1-4-5-6-7-8-9-12-21-31(50)43-25-17-57-58-18-26(44-35(25)54)36(55)56-28(47)13-10-11-20(37)30(49)40-22(14-19(2)3)32(51)42-24(16-45)34(53)41-23(33(52)39-21)15-27(46)29(38)48/h19-27,45-46H,4-18,37H2,1-3H3,(H2,38,48)(H,39,52)(H,40,49)(H,41,53)(H,42,51)(H,43,50)(H,44,54). The first-order valence-corrected chi connectivity index (χ1v) is 22.1. The first-order valence-electron chi connectivity index (χ1n) is 19.6. The Labute approximate surface area is 345 Å². The molecule has 8 atom stereocenters. The van der Waals surface area contributed by atoms with Gasteiger partial charge in [-0.15, -0.1) is 0 Å². The molecule has 2 rings (SSSR count). The highest BCUT2D eigenvalue weighted by Gasteiger charge is 2.36. The van der Waals surface area contributed by atoms with Crippen LogP contribution < -0.4 is 43.4 Å². The van der Waals surface area contributed by atoms with Crippen LogP contribution in [0.5, 0.6) is 0 Å². The van der Waals surface area contributed by atoms with Crippen molar-refractivity contribution in [3.05, 3.63) is 0 Å². The Hall–Kier alpha value is -3.99. The van der Waals surface area contributed by atoms with Gasteiger partial charge in [-0.25, -0.2) is 4.79 Å². The van der Waals surface area contributed by atoms with Crippen LogP contribution in [0.2, 0.25) is 0 Å². The first-order chi connectivity index (χ1) is 27.5. The summed E-state index contributed by atoms with van der Waals surface area (Å²) in [6.07, 6.45) is 2.08. The number of primary amides is 1. The fraction of sp³-hybridized carbons (Fsp3) is 0.750. The second-order valence-electron chi connectivity index (χ2n) is 14.8. The number of amides is 7. The lowest BCUT2D eigenvalue weighted by Crippen LogP contribution is -2.61. The van der Waals surface area contributed by atoms with E-state index < -0.39 is 115 Å². The van der Waals surface area contributed by atoms with Gasteiger partial charge in [0, 0.05) is 24.3 Å². The van der Waals surface area contributed by atoms with Crippen LogP contribution in [0.1, 0.15) is 97.8 Å². The van der Waals surface area contributed by atoms with Gasteiger partial charge < -0.3 is 58.3 Å². The molecule has 20 nitrogen and oxygen atoms in total. The maximum absolute atomic E-state index is 13.8. The smallest absolute Gasteiger partial charge is 0.337 e. The average Bonchev–Trinajstić information content (AvgIpc) is 3.15. The molecule has 7 amide bonds. The van der Waals surface area contributed by atoms with E-state index in [1.54, 1.807) is 13.8 Å². The topological polar surface area (TPSA) is 328 Å². The number of hydrogen-bond acceptors (Lipinski definition) is 15. The number of nitrogens with two attached hydrogens (primary N) is 2. The molecule has 2 heterocycles. The molecule has 2 bridgehead atoms. The molecule has 0 aromatic rings. The van der Waals surface area contributed by atoms with Gasteiger partial charge in [-0.05, 0) is 31.6 Å². The van der Waals surface area contributed by atoms with E-state index in [0.717, 1.165) is 25.7 Å². The lowest BCUT2D eigenvalue weighted by atomic mass is 10.0. The molecule has 0 aromatic heterocycles. The number of carbonyl (C=O) groups excluding carboxylic acids is 9. The van der Waals surface area contributed by atoms with Crippen LogP contribution in [0.25, 0.3) is 0 Å². The van der Waals surface area contributed by atoms with Gasteiger partial charge in [-0.1, -0.05) is 80.9 Å². The molecule has 8 unspecified atom stereocenters. The lowest BCUT2D eigenvalue weighted by Gasteiger charge is -2.28. The number of unbranched alkanes of at least 4 members (excludes halogenated alkanes) is 5. The summed E-state index contributed by atoms with van der Waals surface area (Å²) in [5.74, 6) is -8.59. The summed E-state index contributed by atoms with van der Waals surface area (Å²) in [5.41, 5.74) is 11.3. The molecule has 58 heavy (non-hydrogen) atoms. The van der Waals surface area contributed by atoms with E-state index in [-0.39, 0.29) is 49.5 Å². The summed E-state index contributed by atoms with van der Waals surface area (Å²) in [6, 6.07) is -9.65. The van der Waals surface area contributed by atoms with E-state index in [9.17, 15) is 53.4 Å². The van der Waals surface area contributed by atoms with Gasteiger partial charge in [-0.3, -0.25) is 38.4 Å². The summed E-state index contributed by atoms with van der Waals surface area (Å²) >= 11 is 0. The molecule has 0 aromatic carbocycles. The van der Waals surface area contributed by atoms with Crippen molar-refractivity contribution in [1.29, 1.82) is 0 Å². The Bertz CT molecular complexity index is 1460. The van der Waals surface area contributed by atoms with Crippen molar-refractivity contribution >= 4 is 74.9 Å². The highest BCUT2D eigenvalue weighted by atomic mass is 33.1. The summed E-state index contributed by atoms with van der Waals surface area (Å²) in [4.78, 5) is 118. The maximum atomic E-state index is 13.8. The van der Waals surface area contributed by atoms with Gasteiger partial charge in [0.2, 0.25) is 41.4 Å². The number of rotatable bonds is 13. The molecule has 0 radical (unpaired) electrons. The van der Waals surface area contributed by atoms with Crippen molar-refractivity contribution in [2.45, 2.75) is 146 Å². The largest absolute Gasteiger partial charge is 0.394 e. The highest BCUT2D eigenvalue weighted by molar-refractivity contribution is 8.76. The molecule has 2 aliphatic rings. The number of cyclic esters (lactones) is 2. The molecular formula is C36H60N8O12S2. The van der Waals surface area contributed by atoms with E-state index in [0.29, 0.717) is 12.8 Å². The van der Waals surface area contributed by atoms with Gasteiger partial charge in [0.15, 0.2) is 0 Å². The molecule has 2 fully saturated rings. The third-order valence-corrected chi connectivity index (χ3v) is 11.7. The van der Waals surface area contributed by atoms with Crippen LogP contribution in [-0.4, -0.2) is 130 Å². The summed E-state index contributed by atoms with van der Waals surface area (Å²) in [6.45, 7) is 4.61. The van der Waals surface area contributed by atoms with Crippen molar-refractivity contribution in [2.75, 3.05) is 18.1 Å². The van der Waals surface area contributed by atoms with E-state index in [4.69, 9.17) is 16.2 Å². The summed E-state index contributed by atoms with van der Waals surface area (Å²) < 4.78 is 4.98. The Morgan fingerprint density at radius 1 is 0.724 bits per heavy atom. The molecule has 22 heteroatoms. The predicted molar refractivity (Wildman–Crippen MR) is 214 cm³/mol. The summed E-state index contributed by atoms with van der Waals surface area (Å²) in [7, 11) is 2.36. The Balaban J connectivity index is 2.52. The molecule has 0 aliphatic carbocycles. The first kappa shape index (κ1) is 50.2. The maximum Gasteiger partial charge on any atom is 0.337 e. The van der Waals surface area contributed by atoms with Gasteiger partial charge in [0.05, 0.1) is 12.6 Å². The molecule has 12 N–H and O–H groups in total. The minimum atomic E-state index is -1.95. The number of fused-ring (bicyclic) bond motifs is 3. The summed E-state index contributed by atoms with van der Waals surface area (Å²) in [5, 5.41) is 35.3. The molecular weight excluding hydrogens is 801 g/mol. The number of hydrogen-bond donors (Lipinski definition) is 10.